The first kappa shape index (κ1) is 13.3. The van der Waals surface area contributed by atoms with Crippen molar-refractivity contribution < 1.29 is 9.05 Å². The SMILES string of the molecule is Cc1nc(Cc2noc(CC3CCCCCC3)n2)no1. The fraction of sp³-hybridized carbons (Fsp3) is 0.714. The van der Waals surface area contributed by atoms with Crippen LogP contribution in [0.2, 0.25) is 0 Å². The molecule has 0 saturated heterocycles. The Morgan fingerprint density at radius 1 is 0.950 bits per heavy atom. The van der Waals surface area contributed by atoms with Gasteiger partial charge in [0, 0.05) is 13.3 Å². The van der Waals surface area contributed by atoms with Crippen LogP contribution in [0.1, 0.15) is 62.0 Å². The lowest BCUT2D eigenvalue weighted by Gasteiger charge is -2.09. The highest BCUT2D eigenvalue weighted by molar-refractivity contribution is 4.98. The van der Waals surface area contributed by atoms with Crippen molar-refractivity contribution in [2.24, 2.45) is 5.92 Å². The molecule has 2 aromatic rings. The second kappa shape index (κ2) is 6.15. The van der Waals surface area contributed by atoms with E-state index < -0.39 is 0 Å². The maximum Gasteiger partial charge on any atom is 0.226 e. The van der Waals surface area contributed by atoms with E-state index in [2.05, 4.69) is 20.3 Å². The summed E-state index contributed by atoms with van der Waals surface area (Å²) < 4.78 is 10.3. The van der Waals surface area contributed by atoms with Gasteiger partial charge in [-0.2, -0.15) is 9.97 Å². The second-order valence-electron chi connectivity index (χ2n) is 5.57. The van der Waals surface area contributed by atoms with Gasteiger partial charge < -0.3 is 9.05 Å². The quantitative estimate of drug-likeness (QED) is 0.799. The van der Waals surface area contributed by atoms with Crippen LogP contribution in [0.3, 0.4) is 0 Å². The van der Waals surface area contributed by atoms with E-state index in [1.54, 1.807) is 6.92 Å². The van der Waals surface area contributed by atoms with E-state index in [0.29, 0.717) is 29.9 Å². The van der Waals surface area contributed by atoms with Gasteiger partial charge in [-0.1, -0.05) is 36.0 Å². The third-order valence-electron chi connectivity index (χ3n) is 3.83. The van der Waals surface area contributed by atoms with Crippen molar-refractivity contribution in [2.75, 3.05) is 0 Å². The minimum atomic E-state index is 0.464. The third-order valence-corrected chi connectivity index (χ3v) is 3.83. The van der Waals surface area contributed by atoms with Crippen molar-refractivity contribution >= 4 is 0 Å². The second-order valence-corrected chi connectivity index (χ2v) is 5.57. The smallest absolute Gasteiger partial charge is 0.226 e. The molecular formula is C14H20N4O2. The zero-order valence-corrected chi connectivity index (χ0v) is 11.8. The Balaban J connectivity index is 1.58. The van der Waals surface area contributed by atoms with E-state index in [4.69, 9.17) is 9.05 Å². The highest BCUT2D eigenvalue weighted by Crippen LogP contribution is 2.25. The monoisotopic (exact) mass is 276 g/mol. The van der Waals surface area contributed by atoms with Gasteiger partial charge in [0.05, 0.1) is 6.42 Å². The number of aryl methyl sites for hydroxylation is 1. The molecule has 0 aliphatic heterocycles. The van der Waals surface area contributed by atoms with E-state index in [1.807, 2.05) is 0 Å². The highest BCUT2D eigenvalue weighted by atomic mass is 16.5. The van der Waals surface area contributed by atoms with Crippen LogP contribution >= 0.6 is 0 Å². The molecule has 0 radical (unpaired) electrons. The van der Waals surface area contributed by atoms with Crippen LogP contribution in [0, 0.1) is 12.8 Å². The normalized spacial score (nSPS) is 17.2. The van der Waals surface area contributed by atoms with Crippen LogP contribution in [0.5, 0.6) is 0 Å². The molecule has 0 N–H and O–H groups in total. The number of aromatic nitrogens is 4. The van der Waals surface area contributed by atoms with Crippen LogP contribution in [0.15, 0.2) is 9.05 Å². The predicted molar refractivity (Wildman–Crippen MR) is 71.0 cm³/mol. The molecule has 2 heterocycles. The minimum absolute atomic E-state index is 0.464. The standard InChI is InChI=1S/C14H20N4O2/c1-10-15-12(17-19-10)9-13-16-14(20-18-13)8-11-6-4-2-3-5-7-11/h11H,2-9H2,1H3. The number of hydrogen-bond acceptors (Lipinski definition) is 6. The molecule has 0 atom stereocenters. The summed E-state index contributed by atoms with van der Waals surface area (Å²) in [5.74, 6) is 3.23. The summed E-state index contributed by atoms with van der Waals surface area (Å²) in [6, 6.07) is 0. The van der Waals surface area contributed by atoms with Crippen LogP contribution < -0.4 is 0 Å². The van der Waals surface area contributed by atoms with Crippen LogP contribution in [-0.2, 0) is 12.8 Å². The van der Waals surface area contributed by atoms with Gasteiger partial charge >= 0.3 is 0 Å². The fourth-order valence-electron chi connectivity index (χ4n) is 2.81. The first-order valence-corrected chi connectivity index (χ1v) is 7.40. The molecule has 6 heteroatoms. The van der Waals surface area contributed by atoms with Crippen molar-refractivity contribution in [2.45, 2.75) is 58.3 Å². The van der Waals surface area contributed by atoms with Gasteiger partial charge in [0.25, 0.3) is 0 Å². The van der Waals surface area contributed by atoms with Gasteiger partial charge in [-0.3, -0.25) is 0 Å². The van der Waals surface area contributed by atoms with Gasteiger partial charge in [-0.25, -0.2) is 0 Å². The zero-order chi connectivity index (χ0) is 13.8. The molecule has 0 spiro atoms. The largest absolute Gasteiger partial charge is 0.340 e. The maximum atomic E-state index is 5.34. The molecule has 0 bridgehead atoms. The van der Waals surface area contributed by atoms with E-state index in [-0.39, 0.29) is 0 Å². The van der Waals surface area contributed by atoms with Crippen molar-refractivity contribution in [3.63, 3.8) is 0 Å². The Labute approximate surface area is 118 Å². The molecule has 6 nitrogen and oxygen atoms in total. The van der Waals surface area contributed by atoms with Crippen LogP contribution in [0.25, 0.3) is 0 Å². The summed E-state index contributed by atoms with van der Waals surface area (Å²) in [4.78, 5) is 8.58. The van der Waals surface area contributed by atoms with E-state index in [1.165, 1.54) is 38.5 Å². The lowest BCUT2D eigenvalue weighted by Crippen LogP contribution is -2.03. The summed E-state index contributed by atoms with van der Waals surface area (Å²) in [6.45, 7) is 1.77. The van der Waals surface area contributed by atoms with E-state index in [9.17, 15) is 0 Å². The molecule has 108 valence electrons. The lowest BCUT2D eigenvalue weighted by molar-refractivity contribution is 0.336. The van der Waals surface area contributed by atoms with Gasteiger partial charge in [-0.15, -0.1) is 0 Å². The first-order chi connectivity index (χ1) is 9.79. The minimum Gasteiger partial charge on any atom is -0.340 e. The number of nitrogens with zero attached hydrogens (tertiary/aromatic N) is 4. The summed E-state index contributed by atoms with van der Waals surface area (Å²) in [6.07, 6.45) is 9.31. The van der Waals surface area contributed by atoms with Crippen molar-refractivity contribution in [3.8, 4) is 0 Å². The summed E-state index contributed by atoms with van der Waals surface area (Å²) in [5.41, 5.74) is 0. The summed E-state index contributed by atoms with van der Waals surface area (Å²) >= 11 is 0. The maximum absolute atomic E-state index is 5.34. The molecule has 2 aromatic heterocycles. The summed E-state index contributed by atoms with van der Waals surface area (Å²) in [5, 5.41) is 7.84. The van der Waals surface area contributed by atoms with Crippen molar-refractivity contribution in [3.05, 3.63) is 23.4 Å². The molecule has 3 rings (SSSR count). The van der Waals surface area contributed by atoms with E-state index in [0.717, 1.165) is 12.3 Å². The number of rotatable bonds is 4. The average Bonchev–Trinajstić information content (AvgIpc) is 2.94. The Bertz CT molecular complexity index is 541. The van der Waals surface area contributed by atoms with Crippen LogP contribution in [0.4, 0.5) is 0 Å². The average molecular weight is 276 g/mol. The Morgan fingerprint density at radius 2 is 1.65 bits per heavy atom. The third kappa shape index (κ3) is 3.43. The van der Waals surface area contributed by atoms with Gasteiger partial charge in [0.2, 0.25) is 11.8 Å². The number of hydrogen-bond donors (Lipinski definition) is 0. The van der Waals surface area contributed by atoms with Crippen molar-refractivity contribution in [1.29, 1.82) is 0 Å². The Hall–Kier alpha value is -1.72. The molecule has 0 aromatic carbocycles. The van der Waals surface area contributed by atoms with Gasteiger partial charge in [-0.05, 0) is 18.8 Å². The topological polar surface area (TPSA) is 77.8 Å². The summed E-state index contributed by atoms with van der Waals surface area (Å²) in [7, 11) is 0. The highest BCUT2D eigenvalue weighted by Gasteiger charge is 2.17. The molecule has 1 fully saturated rings. The molecule has 0 amide bonds. The molecule has 20 heavy (non-hydrogen) atoms. The fourth-order valence-corrected chi connectivity index (χ4v) is 2.81. The predicted octanol–water partition coefficient (Wildman–Crippen LogP) is 2.86. The van der Waals surface area contributed by atoms with E-state index >= 15 is 0 Å². The molecular weight excluding hydrogens is 256 g/mol. The molecule has 1 saturated carbocycles. The molecule has 1 aliphatic rings. The lowest BCUT2D eigenvalue weighted by atomic mass is 9.97. The molecule has 1 aliphatic carbocycles. The van der Waals surface area contributed by atoms with Gasteiger partial charge in [0.15, 0.2) is 11.6 Å². The van der Waals surface area contributed by atoms with Crippen LogP contribution in [-0.4, -0.2) is 20.3 Å². The zero-order valence-electron chi connectivity index (χ0n) is 11.8. The Kier molecular flexibility index (Phi) is 4.08. The van der Waals surface area contributed by atoms with Crippen molar-refractivity contribution in [1.82, 2.24) is 20.3 Å². The first-order valence-electron chi connectivity index (χ1n) is 7.40. The Morgan fingerprint density at radius 3 is 2.35 bits per heavy atom. The molecule has 0 unspecified atom stereocenters. The van der Waals surface area contributed by atoms with Gasteiger partial charge in [0.1, 0.15) is 0 Å².